The van der Waals surface area contributed by atoms with E-state index in [0.717, 1.165) is 5.01 Å². The zero-order valence-electron chi connectivity index (χ0n) is 14.1. The molecule has 1 atom stereocenters. The van der Waals surface area contributed by atoms with E-state index in [1.54, 1.807) is 19.3 Å². The number of sulfonamides is 1. The van der Waals surface area contributed by atoms with E-state index in [0.29, 0.717) is 17.9 Å². The maximum Gasteiger partial charge on any atom is 0.419 e. The molecular formula is C16H19N3O4S2. The Morgan fingerprint density at radius 1 is 1.36 bits per heavy atom. The largest absolute Gasteiger partial charge is 0.419 e. The zero-order valence-corrected chi connectivity index (χ0v) is 15.7. The molecule has 7 nitrogen and oxygen atoms in total. The number of nitrogens with one attached hydrogen (secondary N) is 1. The van der Waals surface area contributed by atoms with Crippen molar-refractivity contribution in [1.82, 2.24) is 14.3 Å². The van der Waals surface area contributed by atoms with Crippen molar-refractivity contribution in [2.45, 2.75) is 31.2 Å². The molecule has 1 N–H and O–H groups in total. The predicted molar refractivity (Wildman–Crippen MR) is 96.1 cm³/mol. The number of rotatable bonds is 6. The van der Waals surface area contributed by atoms with Gasteiger partial charge in [0, 0.05) is 24.7 Å². The molecule has 2 heterocycles. The molecule has 0 aliphatic heterocycles. The van der Waals surface area contributed by atoms with E-state index in [1.165, 1.54) is 28.0 Å². The molecule has 0 aliphatic carbocycles. The molecular weight excluding hydrogens is 362 g/mol. The van der Waals surface area contributed by atoms with E-state index in [9.17, 15) is 13.2 Å². The summed E-state index contributed by atoms with van der Waals surface area (Å²) in [5, 5.41) is 2.55. The third kappa shape index (κ3) is 3.68. The third-order valence-corrected chi connectivity index (χ3v) is 6.19. The second kappa shape index (κ2) is 6.74. The molecule has 0 fully saturated rings. The van der Waals surface area contributed by atoms with Crippen LogP contribution >= 0.6 is 11.3 Å². The topological polar surface area (TPSA) is 94.2 Å². The smallest absolute Gasteiger partial charge is 0.408 e. The van der Waals surface area contributed by atoms with E-state index in [-0.39, 0.29) is 10.5 Å². The van der Waals surface area contributed by atoms with Gasteiger partial charge in [0.15, 0.2) is 5.58 Å². The van der Waals surface area contributed by atoms with Crippen LogP contribution < -0.4 is 10.5 Å². The van der Waals surface area contributed by atoms with Gasteiger partial charge in [-0.2, -0.15) is 0 Å². The van der Waals surface area contributed by atoms with Crippen LogP contribution in [0.25, 0.3) is 11.1 Å². The maximum absolute atomic E-state index is 12.8. The molecule has 1 aromatic carbocycles. The lowest BCUT2D eigenvalue weighted by Crippen LogP contribution is -2.29. The van der Waals surface area contributed by atoms with Crippen LogP contribution in [0, 0.1) is 5.92 Å². The Morgan fingerprint density at radius 2 is 2.12 bits per heavy atom. The summed E-state index contributed by atoms with van der Waals surface area (Å²) >= 11 is 1.42. The molecule has 3 rings (SSSR count). The summed E-state index contributed by atoms with van der Waals surface area (Å²) in [7, 11) is -2.21. The molecule has 0 amide bonds. The van der Waals surface area contributed by atoms with Gasteiger partial charge in [-0.3, -0.25) is 4.57 Å². The van der Waals surface area contributed by atoms with Crippen molar-refractivity contribution in [2.24, 2.45) is 13.0 Å². The monoisotopic (exact) mass is 381 g/mol. The van der Waals surface area contributed by atoms with Gasteiger partial charge in [0.1, 0.15) is 5.01 Å². The van der Waals surface area contributed by atoms with Gasteiger partial charge >= 0.3 is 5.76 Å². The standard InChI is InChI=1S/C16H19N3O4S2/c1-10(2)8-12(15-17-6-7-24-15)18-25(21,22)11-4-5-13-14(9-11)23-16(20)19(13)3/h4-7,9-10,12,18H,8H2,1-3H3. The van der Waals surface area contributed by atoms with Crippen molar-refractivity contribution in [3.05, 3.63) is 45.3 Å². The molecule has 0 bridgehead atoms. The van der Waals surface area contributed by atoms with Crippen molar-refractivity contribution in [1.29, 1.82) is 0 Å². The minimum Gasteiger partial charge on any atom is -0.408 e. The number of benzene rings is 1. The van der Waals surface area contributed by atoms with Crippen LogP contribution in [0.4, 0.5) is 0 Å². The van der Waals surface area contributed by atoms with E-state index < -0.39 is 21.8 Å². The van der Waals surface area contributed by atoms with Gasteiger partial charge in [-0.25, -0.2) is 22.9 Å². The van der Waals surface area contributed by atoms with Gasteiger partial charge in [-0.15, -0.1) is 11.3 Å². The number of oxazole rings is 1. The van der Waals surface area contributed by atoms with Crippen LogP contribution in [-0.2, 0) is 17.1 Å². The lowest BCUT2D eigenvalue weighted by molar-refractivity contribution is 0.470. The highest BCUT2D eigenvalue weighted by Crippen LogP contribution is 2.26. The van der Waals surface area contributed by atoms with Gasteiger partial charge in [0.05, 0.1) is 16.5 Å². The Morgan fingerprint density at radius 3 is 2.76 bits per heavy atom. The molecule has 9 heteroatoms. The number of hydrogen-bond donors (Lipinski definition) is 1. The third-order valence-electron chi connectivity index (χ3n) is 3.83. The van der Waals surface area contributed by atoms with E-state index >= 15 is 0 Å². The first-order chi connectivity index (χ1) is 11.8. The minimum atomic E-state index is -3.78. The summed E-state index contributed by atoms with van der Waals surface area (Å²) in [6, 6.07) is 4.00. The van der Waals surface area contributed by atoms with E-state index in [4.69, 9.17) is 4.42 Å². The van der Waals surface area contributed by atoms with Crippen molar-refractivity contribution in [2.75, 3.05) is 0 Å². The fourth-order valence-corrected chi connectivity index (χ4v) is 4.62. The first kappa shape index (κ1) is 17.8. The minimum absolute atomic E-state index is 0.0552. The van der Waals surface area contributed by atoms with Gasteiger partial charge in [0.25, 0.3) is 0 Å². The second-order valence-corrected chi connectivity index (χ2v) is 8.87. The Kier molecular flexibility index (Phi) is 4.81. The van der Waals surface area contributed by atoms with Gasteiger partial charge < -0.3 is 4.42 Å². The van der Waals surface area contributed by atoms with Crippen LogP contribution in [-0.4, -0.2) is 18.0 Å². The number of fused-ring (bicyclic) bond motifs is 1. The van der Waals surface area contributed by atoms with Crippen LogP contribution in [0.3, 0.4) is 0 Å². The van der Waals surface area contributed by atoms with Gasteiger partial charge in [0.2, 0.25) is 10.0 Å². The Bertz CT molecular complexity index is 1030. The summed E-state index contributed by atoms with van der Waals surface area (Å²) in [6.07, 6.45) is 2.29. The first-order valence-electron chi connectivity index (χ1n) is 7.79. The second-order valence-electron chi connectivity index (χ2n) is 6.23. The highest BCUT2D eigenvalue weighted by atomic mass is 32.2. The van der Waals surface area contributed by atoms with Crippen LogP contribution in [0.1, 0.15) is 31.3 Å². The Balaban J connectivity index is 1.96. The number of hydrogen-bond acceptors (Lipinski definition) is 6. The number of aromatic nitrogens is 2. The van der Waals surface area contributed by atoms with Gasteiger partial charge in [-0.05, 0) is 24.5 Å². The molecule has 0 saturated carbocycles. The predicted octanol–water partition coefficient (Wildman–Crippen LogP) is 2.65. The van der Waals surface area contributed by atoms with Crippen molar-refractivity contribution >= 4 is 32.5 Å². The highest BCUT2D eigenvalue weighted by molar-refractivity contribution is 7.89. The molecule has 0 aliphatic rings. The molecule has 0 radical (unpaired) electrons. The van der Waals surface area contributed by atoms with Crippen molar-refractivity contribution in [3.63, 3.8) is 0 Å². The normalized spacial score (nSPS) is 13.6. The van der Waals surface area contributed by atoms with Crippen molar-refractivity contribution < 1.29 is 12.8 Å². The maximum atomic E-state index is 12.8. The Hall–Kier alpha value is -1.97. The SMILES string of the molecule is CC(C)CC(NS(=O)(=O)c1ccc2c(c1)oc(=O)n2C)c1nccs1. The summed E-state index contributed by atoms with van der Waals surface area (Å²) in [4.78, 5) is 15.9. The van der Waals surface area contributed by atoms with Gasteiger partial charge in [-0.1, -0.05) is 13.8 Å². The number of aryl methyl sites for hydroxylation is 1. The average molecular weight is 381 g/mol. The van der Waals surface area contributed by atoms with Crippen LogP contribution in [0.2, 0.25) is 0 Å². The molecule has 2 aromatic heterocycles. The first-order valence-corrected chi connectivity index (χ1v) is 10.2. The summed E-state index contributed by atoms with van der Waals surface area (Å²) in [5.74, 6) is -0.232. The quantitative estimate of drug-likeness (QED) is 0.708. The summed E-state index contributed by atoms with van der Waals surface area (Å²) in [5.41, 5.74) is 0.785. The number of thiazole rings is 1. The van der Waals surface area contributed by atoms with Crippen molar-refractivity contribution in [3.8, 4) is 0 Å². The highest BCUT2D eigenvalue weighted by Gasteiger charge is 2.24. The molecule has 0 saturated heterocycles. The zero-order chi connectivity index (χ0) is 18.2. The van der Waals surface area contributed by atoms with Crippen LogP contribution in [0.5, 0.6) is 0 Å². The molecule has 3 aromatic rings. The molecule has 1 unspecified atom stereocenters. The van der Waals surface area contributed by atoms with E-state index in [1.807, 2.05) is 19.2 Å². The fraction of sp³-hybridized carbons (Fsp3) is 0.375. The van der Waals surface area contributed by atoms with Crippen LogP contribution in [0.15, 0.2) is 43.9 Å². The molecule has 134 valence electrons. The van der Waals surface area contributed by atoms with E-state index in [2.05, 4.69) is 9.71 Å². The summed E-state index contributed by atoms with van der Waals surface area (Å²) in [6.45, 7) is 4.05. The number of nitrogens with zero attached hydrogens (tertiary/aromatic N) is 2. The Labute approximate surface area is 149 Å². The molecule has 25 heavy (non-hydrogen) atoms. The molecule has 0 spiro atoms. The lowest BCUT2D eigenvalue weighted by atomic mass is 10.1. The fourth-order valence-electron chi connectivity index (χ4n) is 2.61. The average Bonchev–Trinajstić information content (AvgIpc) is 3.15. The summed E-state index contributed by atoms with van der Waals surface area (Å²) < 4.78 is 34.7. The lowest BCUT2D eigenvalue weighted by Gasteiger charge is -2.18.